The van der Waals surface area contributed by atoms with E-state index in [4.69, 9.17) is 10.2 Å². The lowest BCUT2D eigenvalue weighted by Crippen LogP contribution is -1.81. The summed E-state index contributed by atoms with van der Waals surface area (Å²) in [5.41, 5.74) is 10.1. The maximum absolute atomic E-state index is 5.72. The van der Waals surface area contributed by atoms with Gasteiger partial charge in [0.05, 0.1) is 0 Å². The third-order valence-corrected chi connectivity index (χ3v) is 2.65. The van der Waals surface area contributed by atoms with Crippen LogP contribution in [0.1, 0.15) is 11.1 Å². The Morgan fingerprint density at radius 3 is 2.76 bits per heavy atom. The molecule has 3 aromatic rings. The molecule has 3 rings (SSSR count). The second kappa shape index (κ2) is 3.35. The molecule has 5 nitrogen and oxygen atoms in total. The van der Waals surface area contributed by atoms with Crippen LogP contribution in [0.2, 0.25) is 0 Å². The van der Waals surface area contributed by atoms with Gasteiger partial charge in [-0.05, 0) is 31.0 Å². The molecular weight excluding hydrogens is 216 g/mol. The van der Waals surface area contributed by atoms with Gasteiger partial charge in [-0.15, -0.1) is 0 Å². The first-order valence-corrected chi connectivity index (χ1v) is 5.32. The van der Waals surface area contributed by atoms with Crippen molar-refractivity contribution >= 4 is 16.9 Å². The van der Waals surface area contributed by atoms with Crippen molar-refractivity contribution < 1.29 is 4.42 Å². The first kappa shape index (κ1) is 9.89. The zero-order valence-corrected chi connectivity index (χ0v) is 9.61. The number of nitrogen functional groups attached to an aromatic ring is 1. The zero-order chi connectivity index (χ0) is 12.0. The summed E-state index contributed by atoms with van der Waals surface area (Å²) in [6.45, 7) is 4.04. The highest BCUT2D eigenvalue weighted by molar-refractivity contribution is 5.79. The number of hydrogen-bond acceptors (Lipinski definition) is 4. The molecule has 86 valence electrons. The van der Waals surface area contributed by atoms with Gasteiger partial charge in [-0.2, -0.15) is 5.10 Å². The second-order valence-corrected chi connectivity index (χ2v) is 4.16. The maximum atomic E-state index is 5.72. The Bertz CT molecular complexity index is 696. The molecule has 0 aliphatic carbocycles. The van der Waals surface area contributed by atoms with Crippen molar-refractivity contribution in [3.63, 3.8) is 0 Å². The predicted octanol–water partition coefficient (Wildman–Crippen LogP) is 2.42. The minimum atomic E-state index is 0.426. The van der Waals surface area contributed by atoms with Gasteiger partial charge < -0.3 is 10.2 Å². The van der Waals surface area contributed by atoms with Crippen molar-refractivity contribution in [1.29, 1.82) is 0 Å². The molecule has 2 aromatic heterocycles. The zero-order valence-electron chi connectivity index (χ0n) is 9.61. The van der Waals surface area contributed by atoms with Crippen LogP contribution in [0.25, 0.3) is 22.7 Å². The number of aromatic nitrogens is 3. The molecule has 1 aromatic carbocycles. The van der Waals surface area contributed by atoms with E-state index in [0.29, 0.717) is 17.4 Å². The summed E-state index contributed by atoms with van der Waals surface area (Å²) in [5, 5.41) is 6.64. The predicted molar refractivity (Wildman–Crippen MR) is 65.5 cm³/mol. The second-order valence-electron chi connectivity index (χ2n) is 4.16. The van der Waals surface area contributed by atoms with E-state index in [-0.39, 0.29) is 0 Å². The molecule has 17 heavy (non-hydrogen) atoms. The Kier molecular flexibility index (Phi) is 1.95. The molecule has 0 aliphatic rings. The van der Waals surface area contributed by atoms with Crippen LogP contribution in [0.5, 0.6) is 0 Å². The third-order valence-electron chi connectivity index (χ3n) is 2.65. The number of rotatable bonds is 1. The third kappa shape index (κ3) is 1.56. The lowest BCUT2D eigenvalue weighted by atomic mass is 10.1. The van der Waals surface area contributed by atoms with Crippen LogP contribution in [-0.2, 0) is 0 Å². The first-order valence-electron chi connectivity index (χ1n) is 5.32. The van der Waals surface area contributed by atoms with E-state index in [1.807, 2.05) is 19.9 Å². The van der Waals surface area contributed by atoms with Crippen LogP contribution < -0.4 is 5.73 Å². The number of benzene rings is 1. The molecular formula is C12H12N4O. The van der Waals surface area contributed by atoms with Gasteiger partial charge in [0.2, 0.25) is 5.89 Å². The fourth-order valence-corrected chi connectivity index (χ4v) is 1.94. The summed E-state index contributed by atoms with van der Waals surface area (Å²) in [6, 6.07) is 5.76. The van der Waals surface area contributed by atoms with Gasteiger partial charge >= 0.3 is 0 Å². The number of aromatic amines is 1. The van der Waals surface area contributed by atoms with Crippen molar-refractivity contribution in [1.82, 2.24) is 15.2 Å². The van der Waals surface area contributed by atoms with Gasteiger partial charge in [0.15, 0.2) is 5.58 Å². The summed E-state index contributed by atoms with van der Waals surface area (Å²) in [5.74, 6) is 0.938. The highest BCUT2D eigenvalue weighted by atomic mass is 16.3. The summed E-state index contributed by atoms with van der Waals surface area (Å²) >= 11 is 0. The van der Waals surface area contributed by atoms with E-state index >= 15 is 0 Å². The molecule has 0 radical (unpaired) electrons. The molecule has 0 amide bonds. The highest BCUT2D eigenvalue weighted by Crippen LogP contribution is 2.26. The minimum absolute atomic E-state index is 0.426. The van der Waals surface area contributed by atoms with E-state index in [2.05, 4.69) is 21.2 Å². The molecule has 0 fully saturated rings. The molecule has 0 aliphatic heterocycles. The van der Waals surface area contributed by atoms with E-state index < -0.39 is 0 Å². The number of hydrogen-bond donors (Lipinski definition) is 2. The molecule has 0 bridgehead atoms. The van der Waals surface area contributed by atoms with Crippen molar-refractivity contribution in [2.45, 2.75) is 13.8 Å². The van der Waals surface area contributed by atoms with Gasteiger partial charge in [-0.1, -0.05) is 6.07 Å². The van der Waals surface area contributed by atoms with Crippen molar-refractivity contribution in [2.24, 2.45) is 0 Å². The Balaban J connectivity index is 2.23. The fraction of sp³-hybridized carbons (Fsp3) is 0.167. The Morgan fingerprint density at radius 2 is 2.06 bits per heavy atom. The van der Waals surface area contributed by atoms with Gasteiger partial charge in [0.1, 0.15) is 17.0 Å². The summed E-state index contributed by atoms with van der Waals surface area (Å²) in [7, 11) is 0. The van der Waals surface area contributed by atoms with E-state index in [0.717, 1.165) is 16.7 Å². The minimum Gasteiger partial charge on any atom is -0.434 e. The van der Waals surface area contributed by atoms with Crippen LogP contribution in [0.4, 0.5) is 5.82 Å². The lowest BCUT2D eigenvalue weighted by molar-refractivity contribution is 0.614. The normalized spacial score (nSPS) is 11.2. The molecule has 3 N–H and O–H groups in total. The number of nitrogens with one attached hydrogen (secondary N) is 1. The Hall–Kier alpha value is -2.30. The molecule has 0 unspecified atom stereocenters. The number of nitrogens with two attached hydrogens (primary N) is 1. The molecule has 0 spiro atoms. The monoisotopic (exact) mass is 228 g/mol. The van der Waals surface area contributed by atoms with Gasteiger partial charge in [0, 0.05) is 6.07 Å². The Labute approximate surface area is 97.7 Å². The number of oxazole rings is 1. The average Bonchev–Trinajstić information content (AvgIpc) is 2.83. The van der Waals surface area contributed by atoms with Crippen LogP contribution in [0.15, 0.2) is 22.6 Å². The average molecular weight is 228 g/mol. The molecule has 5 heteroatoms. The standard InChI is InChI=1S/C12H12N4O/c1-6-3-7(2)11-8(4-6)14-12(17-11)9-5-10(13)16-15-9/h3-5H,1-2H3,(H3,13,15,16). The van der Waals surface area contributed by atoms with Gasteiger partial charge in [0.25, 0.3) is 0 Å². The van der Waals surface area contributed by atoms with Crippen molar-refractivity contribution in [3.05, 3.63) is 29.3 Å². The van der Waals surface area contributed by atoms with E-state index in [9.17, 15) is 0 Å². The van der Waals surface area contributed by atoms with Crippen LogP contribution in [-0.4, -0.2) is 15.2 Å². The SMILES string of the molecule is Cc1cc(C)c2oc(-c3cc(N)n[nH]3)nc2c1. The fourth-order valence-electron chi connectivity index (χ4n) is 1.94. The Morgan fingerprint density at radius 1 is 1.24 bits per heavy atom. The van der Waals surface area contributed by atoms with Gasteiger partial charge in [-0.3, -0.25) is 5.10 Å². The number of aryl methyl sites for hydroxylation is 2. The van der Waals surface area contributed by atoms with E-state index in [1.54, 1.807) is 6.07 Å². The molecule has 0 saturated heterocycles. The number of nitrogens with zero attached hydrogens (tertiary/aromatic N) is 2. The first-order chi connectivity index (χ1) is 8.13. The summed E-state index contributed by atoms with van der Waals surface area (Å²) in [4.78, 5) is 4.42. The van der Waals surface area contributed by atoms with E-state index in [1.165, 1.54) is 5.56 Å². The topological polar surface area (TPSA) is 80.7 Å². The molecule has 0 atom stereocenters. The highest BCUT2D eigenvalue weighted by Gasteiger charge is 2.12. The number of anilines is 1. The van der Waals surface area contributed by atoms with Crippen LogP contribution >= 0.6 is 0 Å². The largest absolute Gasteiger partial charge is 0.434 e. The van der Waals surface area contributed by atoms with Crippen LogP contribution in [0.3, 0.4) is 0 Å². The van der Waals surface area contributed by atoms with Crippen molar-refractivity contribution in [2.75, 3.05) is 5.73 Å². The molecule has 0 saturated carbocycles. The smallest absolute Gasteiger partial charge is 0.245 e. The van der Waals surface area contributed by atoms with Crippen molar-refractivity contribution in [3.8, 4) is 11.6 Å². The van der Waals surface area contributed by atoms with Crippen LogP contribution in [0, 0.1) is 13.8 Å². The van der Waals surface area contributed by atoms with Gasteiger partial charge in [-0.25, -0.2) is 4.98 Å². The lowest BCUT2D eigenvalue weighted by Gasteiger charge is -1.94. The summed E-state index contributed by atoms with van der Waals surface area (Å²) < 4.78 is 5.72. The molecule has 2 heterocycles. The quantitative estimate of drug-likeness (QED) is 0.670. The number of fused-ring (bicyclic) bond motifs is 1. The number of H-pyrrole nitrogens is 1. The summed E-state index contributed by atoms with van der Waals surface area (Å²) in [6.07, 6.45) is 0. The maximum Gasteiger partial charge on any atom is 0.245 e.